The predicted molar refractivity (Wildman–Crippen MR) is 440 cm³/mol. The van der Waals surface area contributed by atoms with Crippen molar-refractivity contribution in [2.45, 2.75) is 155 Å². The van der Waals surface area contributed by atoms with Gasteiger partial charge in [-0.25, -0.2) is 29.5 Å². The number of rotatable bonds is 27. The number of nitrogens with two attached hydrogens (primary N) is 6. The van der Waals surface area contributed by atoms with Gasteiger partial charge in [0, 0.05) is 32.5 Å². The van der Waals surface area contributed by atoms with Gasteiger partial charge in [0.25, 0.3) is 11.8 Å². The van der Waals surface area contributed by atoms with E-state index in [-0.39, 0.29) is 105 Å². The van der Waals surface area contributed by atoms with Crippen LogP contribution in [0.1, 0.15) is 160 Å². The van der Waals surface area contributed by atoms with E-state index in [0.717, 1.165) is 114 Å². The molecule has 0 aliphatic rings. The summed E-state index contributed by atoms with van der Waals surface area (Å²) in [6.45, 7) is 13.6. The van der Waals surface area contributed by atoms with E-state index >= 15 is 0 Å². The van der Waals surface area contributed by atoms with Gasteiger partial charge in [-0.05, 0) is 202 Å². The summed E-state index contributed by atoms with van der Waals surface area (Å²) in [5, 5.41) is 59.4. The number of amides is 4. The zero-order chi connectivity index (χ0) is 78.6. The Hall–Kier alpha value is -9.23. The third-order valence-corrected chi connectivity index (χ3v) is 14.8. The van der Waals surface area contributed by atoms with Crippen molar-refractivity contribution in [2.24, 2.45) is 16.5 Å². The van der Waals surface area contributed by atoms with Gasteiger partial charge in [0.15, 0.2) is 62.7 Å². The Morgan fingerprint density at radius 2 is 0.915 bits per heavy atom. The summed E-state index contributed by atoms with van der Waals surface area (Å²) >= 11 is 14.4. The fourth-order valence-electron chi connectivity index (χ4n) is 8.35. The summed E-state index contributed by atoms with van der Waals surface area (Å²) in [6, 6.07) is 39.9. The summed E-state index contributed by atoms with van der Waals surface area (Å²) < 4.78 is 16.1. The second kappa shape index (κ2) is 56.1. The molecule has 0 atom stereocenters. The molecule has 0 aliphatic carbocycles. The molecule has 0 saturated heterocycles. The number of guanidine groups is 1. The van der Waals surface area contributed by atoms with Crippen molar-refractivity contribution in [1.29, 1.82) is 26.5 Å². The lowest BCUT2D eigenvalue weighted by Crippen LogP contribution is -2.38. The Labute approximate surface area is 667 Å². The minimum absolute atomic E-state index is 0. The molecule has 28 nitrogen and oxygen atoms in total. The highest BCUT2D eigenvalue weighted by Crippen LogP contribution is 2.20. The zero-order valence-electron chi connectivity index (χ0n) is 61.0. The number of anilines is 4. The summed E-state index contributed by atoms with van der Waals surface area (Å²) in [5.41, 5.74) is 39.3. The summed E-state index contributed by atoms with van der Waals surface area (Å²) in [6.07, 6.45) is 15.4. The van der Waals surface area contributed by atoms with Crippen LogP contribution in [0, 0.1) is 50.7 Å². The van der Waals surface area contributed by atoms with Gasteiger partial charge >= 0.3 is 12.2 Å². The first kappa shape index (κ1) is 96.8. The molecule has 6 aromatic rings. The summed E-state index contributed by atoms with van der Waals surface area (Å²) in [4.78, 5) is 65.5. The van der Waals surface area contributed by atoms with E-state index in [1.807, 2.05) is 113 Å². The third-order valence-electron chi connectivity index (χ3n) is 13.4. The number of nitrogen functional groups attached to an aromatic ring is 4. The number of hydrogen-bond acceptors (Lipinski definition) is 24. The van der Waals surface area contributed by atoms with E-state index in [0.29, 0.717) is 42.7 Å². The highest BCUT2D eigenvalue weighted by molar-refractivity contribution is 14.1. The second-order valence-corrected chi connectivity index (χ2v) is 26.7. The number of aryl methyl sites for hydroxylation is 6. The maximum atomic E-state index is 12.1. The van der Waals surface area contributed by atoms with Crippen LogP contribution in [0.2, 0.25) is 10.3 Å². The number of aliphatic imine (C=N–C) groups is 1. The second-order valence-electron chi connectivity index (χ2n) is 24.4. The van der Waals surface area contributed by atoms with Gasteiger partial charge in [0.05, 0.1) is 22.6 Å². The Kier molecular flexibility index (Phi) is 51.3. The van der Waals surface area contributed by atoms with Crippen molar-refractivity contribution in [3.8, 4) is 35.8 Å². The van der Waals surface area contributed by atoms with Crippen LogP contribution in [0.3, 0.4) is 0 Å². The van der Waals surface area contributed by atoms with Crippen molar-refractivity contribution in [2.75, 3.05) is 66.4 Å². The number of nitrogens with one attached hydrogen (secondary N) is 5. The van der Waals surface area contributed by atoms with Crippen molar-refractivity contribution in [1.82, 2.24) is 41.2 Å². The number of hydrogen-bond donors (Lipinski definition) is 12. The van der Waals surface area contributed by atoms with Crippen LogP contribution in [0.15, 0.2) is 102 Å². The van der Waals surface area contributed by atoms with Crippen molar-refractivity contribution in [3.05, 3.63) is 152 Å². The van der Waals surface area contributed by atoms with Crippen LogP contribution in [0.25, 0.3) is 0 Å². The van der Waals surface area contributed by atoms with Gasteiger partial charge in [-0.1, -0.05) is 130 Å². The molecular formula is C73H100Cl2I2N20O8S. The first-order valence-electron chi connectivity index (χ1n) is 33.5. The molecule has 0 unspecified atom stereocenters. The van der Waals surface area contributed by atoms with E-state index in [9.17, 15) is 19.2 Å². The normalized spacial score (nSPS) is 10.3. The lowest BCUT2D eigenvalue weighted by Gasteiger charge is -2.19. The van der Waals surface area contributed by atoms with Gasteiger partial charge in [-0.3, -0.25) is 25.3 Å². The molecule has 4 aromatic carbocycles. The lowest BCUT2D eigenvalue weighted by molar-refractivity contribution is 0.0515. The number of ether oxygens (including phenoxy) is 3. The number of alkyl carbamates (subject to hydrolysis) is 2. The van der Waals surface area contributed by atoms with Gasteiger partial charge in [0.1, 0.15) is 28.8 Å². The molecule has 0 saturated carbocycles. The minimum Gasteiger partial charge on any atom is -0.508 e. The number of nitrogens with zero attached hydrogens (tertiary/aromatic N) is 9. The number of carbonyl (C=O) groups excluding carboxylic acids is 4. The number of amidine groups is 1. The van der Waals surface area contributed by atoms with Gasteiger partial charge in [-0.2, -0.15) is 21.0 Å². The molecular weight excluding hydrogens is 1640 g/mol. The average Bonchev–Trinajstić information content (AvgIpc) is 0.839. The molecule has 574 valence electrons. The standard InChI is InChI=1S/C18H21ClN8O2.C18H26N2O2.C15H23NO3.C13H18N2.C7H9ClN6OS.C2H2IN.HI/c19-14-16(22)26-15(21)13(25-14)17(28)27-18(23)24-9-2-1-3-11-4-6-12(7-5-11)29-10-8-20;1-18(2,3)22-17(21)20-14-5-4-7-15-9-11-16(12-10-15)8-6-13-19;1-15(2,3)19-14(18)16-11-5-4-6-12-7-9-13(17)10-8-12;14-10-2-1-4-12-6-8-13(9-7-12)5-3-11-15;1-16-7(11)14-6(15)2-4(9)13-5(10)3(8)12-2;3-1-2-4;/h4-7H,1-3,9-10H2,(H4,21,22,26)(H3,23,24,27,28);9-12H,4-8,14H2,1-3H3,(H,20,21);7-10,17H,4-6,11H2,1-3H3,(H,16,18);6-9H,1-5,10,14H2;1H3,(H4,9,10,13)(H2,11,14,15);1H2;1H. The number of phenols is 1. The third kappa shape index (κ3) is 47.3. The quantitative estimate of drug-likeness (QED) is 0.00749. The van der Waals surface area contributed by atoms with Crippen molar-refractivity contribution in [3.63, 3.8) is 0 Å². The van der Waals surface area contributed by atoms with Crippen LogP contribution < -0.4 is 60.4 Å². The van der Waals surface area contributed by atoms with Crippen molar-refractivity contribution < 1.29 is 38.5 Å². The summed E-state index contributed by atoms with van der Waals surface area (Å²) in [5.74, 6) is -0.811. The number of alkyl halides is 1. The molecule has 0 spiro atoms. The highest BCUT2D eigenvalue weighted by Gasteiger charge is 2.20. The Bertz CT molecular complexity index is 3810. The molecule has 0 radical (unpaired) electrons. The molecule has 0 fully saturated rings. The number of phenolic OH excluding ortho intramolecular Hbond substituents is 1. The molecule has 33 heteroatoms. The molecule has 18 N–H and O–H groups in total. The van der Waals surface area contributed by atoms with Gasteiger partial charge < -0.3 is 69.7 Å². The zero-order valence-corrected chi connectivity index (χ0v) is 67.9. The first-order chi connectivity index (χ1) is 49.9. The van der Waals surface area contributed by atoms with Crippen LogP contribution in [0.4, 0.5) is 32.9 Å². The van der Waals surface area contributed by atoms with E-state index in [1.54, 1.807) is 18.4 Å². The van der Waals surface area contributed by atoms with Crippen LogP contribution in [-0.2, 0) is 48.0 Å². The monoisotopic (exact) mass is 1740 g/mol. The molecule has 2 heterocycles. The molecule has 0 aliphatic heterocycles. The molecule has 106 heavy (non-hydrogen) atoms. The summed E-state index contributed by atoms with van der Waals surface area (Å²) in [7, 11) is 0. The maximum Gasteiger partial charge on any atom is 0.407 e. The van der Waals surface area contributed by atoms with E-state index in [4.69, 9.17) is 103 Å². The van der Waals surface area contributed by atoms with E-state index < -0.39 is 23.0 Å². The van der Waals surface area contributed by atoms with Crippen LogP contribution in [-0.4, -0.2) is 115 Å². The van der Waals surface area contributed by atoms with Crippen molar-refractivity contribution >= 4 is 140 Å². The number of carbonyl (C=O) groups is 4. The van der Waals surface area contributed by atoms with E-state index in [1.165, 1.54) is 27.8 Å². The first-order valence-corrected chi connectivity index (χ1v) is 37.0. The number of unbranched alkanes of at least 4 members (excludes halogenated alkanes) is 4. The Morgan fingerprint density at radius 1 is 0.557 bits per heavy atom. The van der Waals surface area contributed by atoms with E-state index in [2.05, 4.69) is 107 Å². The topological polar surface area (TPSA) is 503 Å². The molecule has 2 aromatic heterocycles. The fourth-order valence-corrected chi connectivity index (χ4v) is 8.80. The largest absolute Gasteiger partial charge is 0.508 e. The van der Waals surface area contributed by atoms with Gasteiger partial charge in [-0.15, -0.1) is 24.0 Å². The number of benzene rings is 4. The maximum absolute atomic E-state index is 12.1. The number of aromatic hydroxyl groups is 1. The molecule has 6 rings (SSSR count). The smallest absolute Gasteiger partial charge is 0.407 e. The lowest BCUT2D eigenvalue weighted by atomic mass is 10.0. The number of halogens is 4. The number of aromatic nitrogens is 4. The number of thioether (sulfide) groups is 1. The fraction of sp³-hybridized carbons (Fsp3) is 0.425. The molecule has 4 amide bonds. The number of nitriles is 4. The predicted octanol–water partition coefficient (Wildman–Crippen LogP) is 12.8. The molecule has 0 bridgehead atoms. The SMILES string of the molecule is CC(C)(C)OC(=O)NCCCCc1ccc(CCC#N)cc1.CC(C)(C)OC(=O)NCCCCc1ccc(O)cc1.CSC(=N)NC(=O)c1nc(Cl)c(N)nc1N.I.N#CCCc1ccc(CCCCN)cc1.N#CCI.N#CCOc1ccc(CCCCN=C(N)NC(=O)c2nc(Cl)c(N)nc2N)cc1. The highest BCUT2D eigenvalue weighted by atomic mass is 127. The Morgan fingerprint density at radius 3 is 1.27 bits per heavy atom. The van der Waals surface area contributed by atoms with Gasteiger partial charge in [0.2, 0.25) is 0 Å². The minimum atomic E-state index is -0.670. The van der Waals surface area contributed by atoms with Crippen LogP contribution >= 0.6 is 81.5 Å². The Balaban J connectivity index is 0.00000130. The van der Waals surface area contributed by atoms with Crippen LogP contribution in [0.5, 0.6) is 11.5 Å². The average molecular weight is 1740 g/mol.